The molecule has 3 heteroatoms. The van der Waals surface area contributed by atoms with Crippen LogP contribution in [0.1, 0.15) is 41.4 Å². The molecule has 0 saturated heterocycles. The van der Waals surface area contributed by atoms with Crippen LogP contribution >= 0.6 is 22.7 Å². The van der Waals surface area contributed by atoms with Gasteiger partial charge in [0.05, 0.1) is 0 Å². The molecule has 1 atom stereocenters. The van der Waals surface area contributed by atoms with E-state index in [4.69, 9.17) is 0 Å². The first kappa shape index (κ1) is 13.8. The van der Waals surface area contributed by atoms with Gasteiger partial charge in [-0.1, -0.05) is 19.9 Å². The molecule has 0 aliphatic carbocycles. The van der Waals surface area contributed by atoms with Crippen molar-refractivity contribution in [1.82, 2.24) is 5.32 Å². The summed E-state index contributed by atoms with van der Waals surface area (Å²) in [6.45, 7) is 10.0. The number of nitrogens with one attached hydrogen (secondary N) is 1. The van der Waals surface area contributed by atoms with Crippen molar-refractivity contribution in [3.63, 3.8) is 0 Å². The van der Waals surface area contributed by atoms with Crippen molar-refractivity contribution in [2.45, 2.75) is 39.2 Å². The van der Waals surface area contributed by atoms with Gasteiger partial charge < -0.3 is 5.32 Å². The molecule has 18 heavy (non-hydrogen) atoms. The zero-order chi connectivity index (χ0) is 13.2. The Morgan fingerprint density at radius 1 is 1.28 bits per heavy atom. The van der Waals surface area contributed by atoms with E-state index in [1.165, 1.54) is 14.6 Å². The fourth-order valence-corrected chi connectivity index (χ4v) is 3.70. The van der Waals surface area contributed by atoms with E-state index in [1.54, 1.807) is 0 Å². The van der Waals surface area contributed by atoms with Crippen molar-refractivity contribution >= 4 is 22.7 Å². The minimum Gasteiger partial charge on any atom is -0.309 e. The molecular formula is C15H21NS2. The van der Waals surface area contributed by atoms with Crippen molar-refractivity contribution in [2.75, 3.05) is 6.54 Å². The van der Waals surface area contributed by atoms with Crippen LogP contribution < -0.4 is 5.32 Å². The highest BCUT2D eigenvalue weighted by Gasteiger charge is 2.22. The maximum atomic E-state index is 3.66. The predicted octanol–water partition coefficient (Wildman–Crippen LogP) is 4.75. The first-order valence-corrected chi connectivity index (χ1v) is 8.02. The molecule has 0 bridgehead atoms. The molecule has 0 aromatic carbocycles. The number of hydrogen-bond donors (Lipinski definition) is 1. The van der Waals surface area contributed by atoms with Gasteiger partial charge in [0.2, 0.25) is 0 Å². The molecule has 2 heterocycles. The lowest BCUT2D eigenvalue weighted by molar-refractivity contribution is 0.444. The van der Waals surface area contributed by atoms with Crippen LogP contribution in [0.2, 0.25) is 0 Å². The smallest absolute Gasteiger partial charge is 0.0386 e. The SMILES string of the molecule is Cc1ccc(C(C)NCC(C)(C)c2cccs2)s1. The third-order valence-corrected chi connectivity index (χ3v) is 5.65. The van der Waals surface area contributed by atoms with Crippen molar-refractivity contribution in [1.29, 1.82) is 0 Å². The second-order valence-corrected chi connectivity index (χ2v) is 7.68. The Kier molecular flexibility index (Phi) is 4.25. The summed E-state index contributed by atoms with van der Waals surface area (Å²) in [4.78, 5) is 4.26. The molecule has 1 nitrogen and oxygen atoms in total. The third kappa shape index (κ3) is 3.22. The average molecular weight is 279 g/mol. The number of rotatable bonds is 5. The largest absolute Gasteiger partial charge is 0.309 e. The van der Waals surface area contributed by atoms with Gasteiger partial charge in [-0.05, 0) is 37.4 Å². The average Bonchev–Trinajstić information content (AvgIpc) is 2.96. The number of aryl methyl sites for hydroxylation is 1. The van der Waals surface area contributed by atoms with E-state index in [-0.39, 0.29) is 5.41 Å². The predicted molar refractivity (Wildman–Crippen MR) is 82.8 cm³/mol. The van der Waals surface area contributed by atoms with Crippen LogP contribution in [0.5, 0.6) is 0 Å². The van der Waals surface area contributed by atoms with Gasteiger partial charge in [0.1, 0.15) is 0 Å². The van der Waals surface area contributed by atoms with Crippen LogP contribution in [0.3, 0.4) is 0 Å². The van der Waals surface area contributed by atoms with Gasteiger partial charge >= 0.3 is 0 Å². The topological polar surface area (TPSA) is 12.0 Å². The molecule has 0 radical (unpaired) electrons. The third-order valence-electron chi connectivity index (χ3n) is 3.23. The molecule has 2 aromatic rings. The monoisotopic (exact) mass is 279 g/mol. The fourth-order valence-electron chi connectivity index (χ4n) is 1.95. The lowest BCUT2D eigenvalue weighted by Crippen LogP contribution is -2.33. The Morgan fingerprint density at radius 3 is 2.61 bits per heavy atom. The molecule has 2 rings (SSSR count). The summed E-state index contributed by atoms with van der Waals surface area (Å²) in [7, 11) is 0. The molecule has 98 valence electrons. The maximum Gasteiger partial charge on any atom is 0.0386 e. The highest BCUT2D eigenvalue weighted by Crippen LogP contribution is 2.28. The molecular weight excluding hydrogens is 258 g/mol. The van der Waals surface area contributed by atoms with Gasteiger partial charge in [0.25, 0.3) is 0 Å². The van der Waals surface area contributed by atoms with E-state index in [0.29, 0.717) is 6.04 Å². The minimum absolute atomic E-state index is 0.203. The van der Waals surface area contributed by atoms with Gasteiger partial charge in [-0.2, -0.15) is 0 Å². The van der Waals surface area contributed by atoms with Crippen LogP contribution in [-0.4, -0.2) is 6.54 Å². The second kappa shape index (κ2) is 5.55. The van der Waals surface area contributed by atoms with Gasteiger partial charge in [-0.25, -0.2) is 0 Å². The van der Waals surface area contributed by atoms with Crippen molar-refractivity contribution in [2.24, 2.45) is 0 Å². The van der Waals surface area contributed by atoms with Crippen molar-refractivity contribution < 1.29 is 0 Å². The molecule has 0 aliphatic heterocycles. The van der Waals surface area contributed by atoms with Crippen LogP contribution in [-0.2, 0) is 5.41 Å². The van der Waals surface area contributed by atoms with Crippen LogP contribution in [0.15, 0.2) is 29.6 Å². The molecule has 0 aliphatic rings. The quantitative estimate of drug-likeness (QED) is 0.833. The molecule has 0 spiro atoms. The van der Waals surface area contributed by atoms with Gasteiger partial charge in [-0.15, -0.1) is 22.7 Å². The minimum atomic E-state index is 0.203. The van der Waals surface area contributed by atoms with Crippen LogP contribution in [0.25, 0.3) is 0 Å². The number of thiophene rings is 2. The Balaban J connectivity index is 1.95. The van der Waals surface area contributed by atoms with E-state index in [9.17, 15) is 0 Å². The Morgan fingerprint density at radius 2 is 2.06 bits per heavy atom. The summed E-state index contributed by atoms with van der Waals surface area (Å²) in [6.07, 6.45) is 0. The molecule has 0 saturated carbocycles. The Labute approximate surface area is 118 Å². The van der Waals surface area contributed by atoms with Crippen molar-refractivity contribution in [3.8, 4) is 0 Å². The summed E-state index contributed by atoms with van der Waals surface area (Å²) >= 11 is 3.73. The summed E-state index contributed by atoms with van der Waals surface area (Å²) in [5.41, 5.74) is 0.203. The van der Waals surface area contributed by atoms with Gasteiger partial charge in [0, 0.05) is 32.6 Å². The van der Waals surface area contributed by atoms with E-state index in [1.807, 2.05) is 22.7 Å². The highest BCUT2D eigenvalue weighted by molar-refractivity contribution is 7.12. The standard InChI is InChI=1S/C15H21NS2/c1-11-7-8-13(18-11)12(2)16-10-15(3,4)14-6-5-9-17-14/h5-9,12,16H,10H2,1-4H3. The summed E-state index contributed by atoms with van der Waals surface area (Å²) in [5, 5.41) is 5.81. The zero-order valence-corrected chi connectivity index (χ0v) is 13.1. The second-order valence-electron chi connectivity index (χ2n) is 5.41. The molecule has 2 aromatic heterocycles. The first-order chi connectivity index (χ1) is 8.49. The van der Waals surface area contributed by atoms with E-state index in [0.717, 1.165) is 6.54 Å². The molecule has 0 fully saturated rings. The van der Waals surface area contributed by atoms with Crippen molar-refractivity contribution in [3.05, 3.63) is 44.3 Å². The Bertz CT molecular complexity index is 482. The first-order valence-electron chi connectivity index (χ1n) is 6.33. The van der Waals surface area contributed by atoms with Crippen LogP contribution in [0, 0.1) is 6.92 Å². The van der Waals surface area contributed by atoms with E-state index >= 15 is 0 Å². The fraction of sp³-hybridized carbons (Fsp3) is 0.467. The van der Waals surface area contributed by atoms with Gasteiger partial charge in [0.15, 0.2) is 0 Å². The summed E-state index contributed by atoms with van der Waals surface area (Å²) < 4.78 is 0. The lowest BCUT2D eigenvalue weighted by Gasteiger charge is -2.26. The highest BCUT2D eigenvalue weighted by atomic mass is 32.1. The van der Waals surface area contributed by atoms with E-state index in [2.05, 4.69) is 62.7 Å². The maximum absolute atomic E-state index is 3.66. The lowest BCUT2D eigenvalue weighted by atomic mass is 9.91. The Hall–Kier alpha value is -0.640. The zero-order valence-electron chi connectivity index (χ0n) is 11.5. The molecule has 0 amide bonds. The number of hydrogen-bond acceptors (Lipinski definition) is 3. The van der Waals surface area contributed by atoms with Gasteiger partial charge in [-0.3, -0.25) is 0 Å². The van der Waals surface area contributed by atoms with Crippen LogP contribution in [0.4, 0.5) is 0 Å². The van der Waals surface area contributed by atoms with E-state index < -0.39 is 0 Å². The molecule has 1 unspecified atom stereocenters. The summed E-state index contributed by atoms with van der Waals surface area (Å²) in [5.74, 6) is 0. The molecule has 1 N–H and O–H groups in total. The summed E-state index contributed by atoms with van der Waals surface area (Å²) in [6, 6.07) is 9.22. The normalized spacial score (nSPS) is 13.8.